The van der Waals surface area contributed by atoms with E-state index in [1.807, 2.05) is 135 Å². The molecule has 37 heteroatoms. The number of aryl methyl sites for hydroxylation is 4. The molecule has 0 bridgehead atoms. The molecule has 0 radical (unpaired) electrons. The summed E-state index contributed by atoms with van der Waals surface area (Å²) in [7, 11) is 4.19. The molecule has 7 aromatic carbocycles. The number of hydrogen-bond acceptors (Lipinski definition) is 27. The monoisotopic (exact) mass is 1870 g/mol. The number of ether oxygens (including phenoxy) is 4. The Morgan fingerprint density at radius 3 is 1.36 bits per heavy atom. The summed E-state index contributed by atoms with van der Waals surface area (Å²) in [5, 5.41) is 36.4. The molecule has 0 saturated carbocycles. The quantitative estimate of drug-likeness (QED) is 0.0580. The Hall–Kier alpha value is -15.5. The molecular weight excluding hydrogens is 1770 g/mol. The van der Waals surface area contributed by atoms with Crippen LogP contribution in [-0.4, -0.2) is 270 Å². The predicted octanol–water partition coefficient (Wildman–Crippen LogP) is 15.4. The zero-order chi connectivity index (χ0) is 94.9. The van der Waals surface area contributed by atoms with Crippen LogP contribution in [0.2, 0.25) is 10.0 Å². The molecule has 0 aliphatic carbocycles. The number of nitrogens with one attached hydrogen (secondary N) is 4. The fraction of sp³-hybridized carbons (Fsp3) is 0.283. The maximum absolute atomic E-state index is 12.5. The number of rotatable bonds is 18. The number of aromatic nitrogens is 17. The van der Waals surface area contributed by atoms with Crippen LogP contribution in [0, 0.1) is 27.7 Å². The van der Waals surface area contributed by atoms with Crippen molar-refractivity contribution < 1.29 is 38.1 Å². The number of H-pyrrole nitrogens is 4. The summed E-state index contributed by atoms with van der Waals surface area (Å²) in [4.78, 5) is 111. The van der Waals surface area contributed by atoms with Crippen molar-refractivity contribution in [3.8, 4) is 46.1 Å². The molecule has 0 unspecified atom stereocenters. The maximum Gasteiger partial charge on any atom is 0.246 e. The van der Waals surface area contributed by atoms with Crippen LogP contribution in [0.15, 0.2) is 198 Å². The number of fused-ring (bicyclic) bond motifs is 8. The van der Waals surface area contributed by atoms with Crippen LogP contribution in [0.3, 0.4) is 0 Å². The van der Waals surface area contributed by atoms with Gasteiger partial charge in [0.15, 0.2) is 28.7 Å². The summed E-state index contributed by atoms with van der Waals surface area (Å²) >= 11 is 13.0. The number of aromatic amines is 4. The highest BCUT2D eigenvalue weighted by Crippen LogP contribution is 2.46. The SMILES string of the molecule is C=CC(=O)N1CCN(c2ncnc3c(Oc4c(C)ccc5[nH]ncc45)cccc23)[C@@H](C)C1.C=CC(=O)N1CCN(c2ncnc3c(Oc4c(Cl)c(C)cc5[nH]ncc45)cccc23)CC1.C=CC(=O)N1CCN(c2ncnc3c(Oc4c(Cl)ccc5[nH]ncc45)cccc23)CC1.C=CC(=O)N1C[C@H](C)N(c2nc(N3CC(N(C)C)C3)nc3c(Oc4c(C)ccc5[nH]ncc45)nc(C)cc23)C[C@H]1C. The number of hydrogen-bond donors (Lipinski definition) is 4. The lowest BCUT2D eigenvalue weighted by molar-refractivity contribution is -0.129. The minimum Gasteiger partial charge on any atom is -0.454 e. The van der Waals surface area contributed by atoms with Gasteiger partial charge < -0.3 is 67.9 Å². The Balaban J connectivity index is 0.000000122. The Morgan fingerprint density at radius 2 is 0.846 bits per heavy atom. The van der Waals surface area contributed by atoms with E-state index in [2.05, 4.69) is 161 Å². The number of likely N-dealkylation sites (N-methyl/N-ethyl adjacent to an activating group) is 1. The lowest BCUT2D eigenvalue weighted by atomic mass is 10.1. The number of pyridine rings is 1. The molecule has 694 valence electrons. The van der Waals surface area contributed by atoms with Crippen molar-refractivity contribution in [2.45, 2.75) is 72.6 Å². The first-order valence-corrected chi connectivity index (χ1v) is 45.5. The summed E-state index contributed by atoms with van der Waals surface area (Å²) in [6.45, 7) is 38.6. The van der Waals surface area contributed by atoms with Crippen molar-refractivity contribution >= 4 is 163 Å². The van der Waals surface area contributed by atoms with Crippen LogP contribution < -0.4 is 43.4 Å². The number of benzene rings is 7. The highest BCUT2D eigenvalue weighted by molar-refractivity contribution is 6.34. The molecule has 0 spiro atoms. The summed E-state index contributed by atoms with van der Waals surface area (Å²) < 4.78 is 25.5. The summed E-state index contributed by atoms with van der Waals surface area (Å²) in [5.41, 5.74) is 9.97. The third-order valence-electron chi connectivity index (χ3n) is 25.4. The number of carbonyl (C=O) groups excluding carboxylic acids is 4. The van der Waals surface area contributed by atoms with Gasteiger partial charge in [0.1, 0.15) is 75.8 Å². The van der Waals surface area contributed by atoms with Gasteiger partial charge in [-0.15, -0.1) is 0 Å². The van der Waals surface area contributed by atoms with Gasteiger partial charge in [-0.1, -0.05) is 79.8 Å². The van der Waals surface area contributed by atoms with Crippen molar-refractivity contribution in [3.05, 3.63) is 230 Å². The number of carbonyl (C=O) groups is 4. The van der Waals surface area contributed by atoms with Crippen molar-refractivity contribution in [2.24, 2.45) is 0 Å². The molecule has 9 aromatic heterocycles. The first kappa shape index (κ1) is 91.0. The first-order valence-electron chi connectivity index (χ1n) is 44.8. The molecule has 14 heterocycles. The van der Waals surface area contributed by atoms with E-state index in [1.165, 1.54) is 37.0 Å². The van der Waals surface area contributed by atoms with Crippen LogP contribution >= 0.6 is 23.2 Å². The molecule has 4 N–H and O–H groups in total. The second kappa shape index (κ2) is 39.0. The molecule has 3 atom stereocenters. The molecule has 5 saturated heterocycles. The number of para-hydroxylation sites is 3. The van der Waals surface area contributed by atoms with E-state index in [-0.39, 0.29) is 41.8 Å². The van der Waals surface area contributed by atoms with Gasteiger partial charge in [-0.25, -0.2) is 39.9 Å². The van der Waals surface area contributed by atoms with Crippen LogP contribution in [0.4, 0.5) is 29.2 Å². The highest BCUT2D eigenvalue weighted by atomic mass is 35.5. The van der Waals surface area contributed by atoms with Gasteiger partial charge in [0.2, 0.25) is 35.5 Å². The molecule has 21 rings (SSSR count). The van der Waals surface area contributed by atoms with Gasteiger partial charge in [0, 0.05) is 144 Å². The standard InChI is InChI=1S/C30H37N9O2.C24H24N6O2.C23H21ClN6O2.C22H19ClN6O2/c1-8-25(40)38-13-20(5)39(14-19(38)4)28-22-11-18(3)32-29(41-27-17(2)9-10-24-23(27)12-31-35-24)26(22)33-30(34-28)37-15-21(16-37)36(6)7;1-4-21(31)29-10-11-30(16(3)13-29)24-17-6-5-7-20(22(17)25-14-26-24)32-23-15(2)8-9-19-18(23)12-27-28-19;1-3-19(31)29-7-9-30(10-8-29)23-15-5-4-6-18(21(15)25-13-26-23)32-22-16-12-27-28-17(16)11-14(2)20(22)24;1-2-19(30)28-8-10-29(11-9-28)22-14-4-3-5-18(20(14)24-13-25-22)31-21-15-12-26-27-17(15)7-6-16(21)23/h8-12,19-21H,1,13-16H2,2-7H3,(H,31,35);4-9,12,14,16H,1,10-11,13H2,2-3H3,(H,27,28);3-6,11-13H,1,7-10H2,2H3,(H,27,28);2-7,12-13H,1,8-11H2,(H,26,27)/t19-,20+;16-;;/m10../s1. The molecule has 4 amide bonds. The Labute approximate surface area is 792 Å². The predicted molar refractivity (Wildman–Crippen MR) is 529 cm³/mol. The lowest BCUT2D eigenvalue weighted by Crippen LogP contribution is -2.59. The van der Waals surface area contributed by atoms with E-state index in [4.69, 9.17) is 57.1 Å². The highest BCUT2D eigenvalue weighted by Gasteiger charge is 2.38. The Morgan fingerprint density at radius 1 is 0.397 bits per heavy atom. The van der Waals surface area contributed by atoms with Gasteiger partial charge >= 0.3 is 0 Å². The van der Waals surface area contributed by atoms with Crippen molar-refractivity contribution in [1.29, 1.82) is 0 Å². The topological polar surface area (TPSA) is 368 Å². The number of piperazine rings is 4. The molecule has 16 aromatic rings. The zero-order valence-corrected chi connectivity index (χ0v) is 78.2. The van der Waals surface area contributed by atoms with Crippen molar-refractivity contribution in [2.75, 3.05) is 137 Å². The van der Waals surface area contributed by atoms with Gasteiger partial charge in [-0.3, -0.25) is 39.6 Å². The molecular formula is C99H101Cl2N27O8. The van der Waals surface area contributed by atoms with Crippen LogP contribution in [0.5, 0.6) is 46.1 Å². The fourth-order valence-electron chi connectivity index (χ4n) is 17.9. The van der Waals surface area contributed by atoms with E-state index in [9.17, 15) is 19.2 Å². The minimum absolute atomic E-state index is 0.00714. The van der Waals surface area contributed by atoms with Gasteiger partial charge in [-0.05, 0) is 176 Å². The summed E-state index contributed by atoms with van der Waals surface area (Å²) in [6.07, 6.45) is 17.0. The summed E-state index contributed by atoms with van der Waals surface area (Å²) in [6, 6.07) is 33.6. The van der Waals surface area contributed by atoms with Gasteiger partial charge in [-0.2, -0.15) is 25.4 Å². The van der Waals surface area contributed by atoms with Crippen molar-refractivity contribution in [3.63, 3.8) is 0 Å². The smallest absolute Gasteiger partial charge is 0.246 e. The van der Waals surface area contributed by atoms with E-state index in [0.717, 1.165) is 135 Å². The number of nitrogens with zero attached hydrogens (tertiary/aromatic N) is 23. The minimum atomic E-state index is -0.0490. The molecule has 5 fully saturated rings. The average Bonchev–Trinajstić information content (AvgIpc) is 1.07. The fourth-order valence-corrected chi connectivity index (χ4v) is 18.3. The van der Waals surface area contributed by atoms with Crippen molar-refractivity contribution in [1.82, 2.24) is 110 Å². The Kier molecular flexibility index (Phi) is 26.1. The van der Waals surface area contributed by atoms with E-state index >= 15 is 0 Å². The number of amides is 4. The number of halogens is 2. The van der Waals surface area contributed by atoms with Gasteiger partial charge in [0.05, 0.1) is 83.8 Å². The van der Waals surface area contributed by atoms with Crippen LogP contribution in [0.1, 0.15) is 43.2 Å². The van der Waals surface area contributed by atoms with Crippen LogP contribution in [0.25, 0.3) is 87.2 Å². The maximum atomic E-state index is 12.5. The van der Waals surface area contributed by atoms with Gasteiger partial charge in [0.25, 0.3) is 0 Å². The second-order valence-corrected chi connectivity index (χ2v) is 35.1. The zero-order valence-electron chi connectivity index (χ0n) is 76.7. The van der Waals surface area contributed by atoms with E-state index < -0.39 is 0 Å². The normalized spacial score (nSPS) is 16.4. The molecule has 5 aliphatic rings. The van der Waals surface area contributed by atoms with E-state index in [0.29, 0.717) is 164 Å². The lowest BCUT2D eigenvalue weighted by Gasteiger charge is -2.45. The Bertz CT molecular complexity index is 7330. The number of anilines is 5. The largest absolute Gasteiger partial charge is 0.454 e. The second-order valence-electron chi connectivity index (χ2n) is 34.4. The third-order valence-corrected chi connectivity index (χ3v) is 26.2. The summed E-state index contributed by atoms with van der Waals surface area (Å²) in [5.74, 6) is 8.57. The van der Waals surface area contributed by atoms with E-state index in [1.54, 1.807) is 47.0 Å². The molecule has 35 nitrogen and oxygen atoms in total. The molecule has 136 heavy (non-hydrogen) atoms. The van der Waals surface area contributed by atoms with Crippen LogP contribution in [-0.2, 0) is 19.2 Å². The molecule has 5 aliphatic heterocycles. The average molecular weight is 1870 g/mol. The third kappa shape index (κ3) is 18.1. The first-order chi connectivity index (χ1) is 65.9.